The number of nitrogens with zero attached hydrogens (tertiary/aromatic N) is 2. The van der Waals surface area contributed by atoms with Crippen molar-refractivity contribution < 1.29 is 23.5 Å². The van der Waals surface area contributed by atoms with Gasteiger partial charge in [-0.15, -0.1) is 0 Å². The van der Waals surface area contributed by atoms with E-state index in [9.17, 15) is 18.7 Å². The van der Waals surface area contributed by atoms with Gasteiger partial charge in [0, 0.05) is 12.2 Å². The zero-order valence-electron chi connectivity index (χ0n) is 17.6. The van der Waals surface area contributed by atoms with Gasteiger partial charge in [-0.3, -0.25) is 4.84 Å². The Bertz CT molecular complexity index is 966. The van der Waals surface area contributed by atoms with Crippen molar-refractivity contribution in [3.8, 4) is 0 Å². The van der Waals surface area contributed by atoms with Crippen molar-refractivity contribution in [1.29, 1.82) is 0 Å². The lowest BCUT2D eigenvalue weighted by Crippen LogP contribution is -2.48. The monoisotopic (exact) mass is 449 g/mol. The molecule has 0 saturated carbocycles. The summed E-state index contributed by atoms with van der Waals surface area (Å²) in [6.07, 6.45) is 0.686. The Balaban J connectivity index is 2.08. The molecular weight excluding hydrogens is 424 g/mol. The van der Waals surface area contributed by atoms with E-state index in [2.05, 4.69) is 10.6 Å². The third-order valence-corrected chi connectivity index (χ3v) is 5.94. The summed E-state index contributed by atoms with van der Waals surface area (Å²) in [5.74, 6) is -1.26. The van der Waals surface area contributed by atoms with Gasteiger partial charge >= 0.3 is 6.03 Å². The van der Waals surface area contributed by atoms with Gasteiger partial charge in [0.1, 0.15) is 21.5 Å². The first-order valence-corrected chi connectivity index (χ1v) is 10.7. The second-order valence-corrected chi connectivity index (χ2v) is 9.31. The fraction of sp³-hybridized carbons (Fsp3) is 0.364. The van der Waals surface area contributed by atoms with Gasteiger partial charge < -0.3 is 5.11 Å². The van der Waals surface area contributed by atoms with Gasteiger partial charge in [0.25, 0.3) is 0 Å². The van der Waals surface area contributed by atoms with Crippen LogP contribution in [0.2, 0.25) is 0 Å². The summed E-state index contributed by atoms with van der Waals surface area (Å²) in [7, 11) is 0. The first kappa shape index (κ1) is 23.2. The molecule has 0 spiro atoms. The van der Waals surface area contributed by atoms with Gasteiger partial charge in [0.05, 0.1) is 5.60 Å². The maximum atomic E-state index is 14.5. The van der Waals surface area contributed by atoms with E-state index < -0.39 is 28.1 Å². The van der Waals surface area contributed by atoms with E-state index in [1.54, 1.807) is 20.8 Å². The zero-order valence-corrected chi connectivity index (χ0v) is 18.4. The molecule has 0 aromatic heterocycles. The van der Waals surface area contributed by atoms with Crippen LogP contribution in [-0.4, -0.2) is 33.4 Å². The molecule has 3 rings (SSSR count). The average Bonchev–Trinajstić information content (AvgIpc) is 3.13. The molecule has 2 aromatic carbocycles. The van der Waals surface area contributed by atoms with E-state index in [-0.39, 0.29) is 17.2 Å². The number of hydrogen-bond donors (Lipinski definition) is 2. The van der Waals surface area contributed by atoms with Crippen molar-refractivity contribution in [2.75, 3.05) is 6.61 Å². The molecule has 2 amide bonds. The molecule has 1 heterocycles. The van der Waals surface area contributed by atoms with Crippen molar-refractivity contribution in [3.63, 3.8) is 0 Å². The topological polar surface area (TPSA) is 74.2 Å². The van der Waals surface area contributed by atoms with E-state index in [1.165, 1.54) is 5.01 Å². The average molecular weight is 450 g/mol. The van der Waals surface area contributed by atoms with Gasteiger partial charge in [0.2, 0.25) is 0 Å². The van der Waals surface area contributed by atoms with Crippen molar-refractivity contribution in [3.05, 3.63) is 71.3 Å². The van der Waals surface area contributed by atoms with Gasteiger partial charge in [-0.1, -0.05) is 42.1 Å². The maximum absolute atomic E-state index is 14.5. The highest BCUT2D eigenvalue weighted by Gasteiger charge is 2.49. The largest absolute Gasteiger partial charge is 0.396 e. The van der Waals surface area contributed by atoms with Crippen LogP contribution in [0.5, 0.6) is 0 Å². The molecule has 1 aliphatic heterocycles. The summed E-state index contributed by atoms with van der Waals surface area (Å²) in [5.41, 5.74) is 2.44. The molecule has 6 nitrogen and oxygen atoms in total. The van der Waals surface area contributed by atoms with Crippen molar-refractivity contribution in [2.45, 2.75) is 44.1 Å². The number of aliphatic hydroxyl groups excluding tert-OH is 1. The van der Waals surface area contributed by atoms with Crippen LogP contribution in [0.4, 0.5) is 13.6 Å². The van der Waals surface area contributed by atoms with Crippen LogP contribution in [0.25, 0.3) is 0 Å². The Hall–Kier alpha value is -2.49. The molecule has 166 valence electrons. The quantitative estimate of drug-likeness (QED) is 0.625. The van der Waals surface area contributed by atoms with Gasteiger partial charge in [-0.2, -0.15) is 10.1 Å². The molecule has 1 aliphatic rings. The van der Waals surface area contributed by atoms with E-state index in [0.29, 0.717) is 12.8 Å². The molecule has 0 fully saturated rings. The predicted octanol–water partition coefficient (Wildman–Crippen LogP) is 4.74. The second kappa shape index (κ2) is 9.33. The Morgan fingerprint density at radius 2 is 1.94 bits per heavy atom. The molecule has 0 bridgehead atoms. The first-order valence-electron chi connectivity index (χ1n) is 9.84. The standard InChI is InChI=1S/C22H25F2N3O3S/c1-21(2,3)30-26-20(29)27-22(12-7-13-28,15-8-5-4-6-9-15)31-19(25-27)17-14-16(23)10-11-18(17)24/h4-6,8-11,14,28H,7,12-13H2,1-3H3,(H,26,29). The maximum Gasteiger partial charge on any atom is 0.363 e. The highest BCUT2D eigenvalue weighted by Crippen LogP contribution is 2.50. The SMILES string of the molecule is CC(C)(C)ONC(=O)N1N=C(c2cc(F)ccc2F)SC1(CCCO)c1ccccc1. The summed E-state index contributed by atoms with van der Waals surface area (Å²) >= 11 is 1.14. The number of carbonyl (C=O) groups excluding carboxylic acids is 1. The van der Waals surface area contributed by atoms with Gasteiger partial charge in [-0.05, 0) is 57.4 Å². The molecule has 2 aromatic rings. The predicted molar refractivity (Wildman–Crippen MR) is 116 cm³/mol. The third-order valence-electron chi connectivity index (χ3n) is 4.49. The van der Waals surface area contributed by atoms with E-state index in [4.69, 9.17) is 4.84 Å². The van der Waals surface area contributed by atoms with Crippen LogP contribution >= 0.6 is 11.8 Å². The van der Waals surface area contributed by atoms with Crippen molar-refractivity contribution in [2.24, 2.45) is 5.10 Å². The number of amides is 2. The normalized spacial score (nSPS) is 18.8. The number of hydrogen-bond acceptors (Lipinski definition) is 5. The molecule has 9 heteroatoms. The third kappa shape index (κ3) is 5.23. The lowest BCUT2D eigenvalue weighted by atomic mass is 10.0. The van der Waals surface area contributed by atoms with E-state index in [0.717, 1.165) is 35.5 Å². The number of rotatable bonds is 6. The van der Waals surface area contributed by atoms with E-state index >= 15 is 0 Å². The molecular formula is C22H25F2N3O3S. The first-order chi connectivity index (χ1) is 14.7. The number of urea groups is 1. The number of carbonyl (C=O) groups is 1. The van der Waals surface area contributed by atoms with Gasteiger partial charge in [0.15, 0.2) is 0 Å². The van der Waals surface area contributed by atoms with Crippen LogP contribution in [-0.2, 0) is 9.71 Å². The number of halogens is 2. The number of nitrogens with one attached hydrogen (secondary N) is 1. The molecule has 0 radical (unpaired) electrons. The fourth-order valence-corrected chi connectivity index (χ4v) is 4.53. The summed E-state index contributed by atoms with van der Waals surface area (Å²) in [6.45, 7) is 5.23. The second-order valence-electron chi connectivity index (χ2n) is 8.04. The Morgan fingerprint density at radius 3 is 2.58 bits per heavy atom. The minimum absolute atomic E-state index is 0.0404. The number of hydroxylamine groups is 1. The summed E-state index contributed by atoms with van der Waals surface area (Å²) in [6, 6.07) is 11.6. The minimum atomic E-state index is -1.08. The molecule has 0 aliphatic carbocycles. The summed E-state index contributed by atoms with van der Waals surface area (Å²) < 4.78 is 28.4. The highest BCUT2D eigenvalue weighted by atomic mass is 32.2. The lowest BCUT2D eigenvalue weighted by molar-refractivity contribution is -0.0609. The van der Waals surface area contributed by atoms with Crippen molar-refractivity contribution >= 4 is 22.8 Å². The Kier molecular flexibility index (Phi) is 6.98. The fourth-order valence-electron chi connectivity index (χ4n) is 3.11. The van der Waals surface area contributed by atoms with Crippen LogP contribution in [0.3, 0.4) is 0 Å². The molecule has 1 atom stereocenters. The molecule has 0 saturated heterocycles. The van der Waals surface area contributed by atoms with Crippen LogP contribution in [0.15, 0.2) is 53.6 Å². The van der Waals surface area contributed by atoms with E-state index in [1.807, 2.05) is 30.3 Å². The van der Waals surface area contributed by atoms with Gasteiger partial charge in [-0.25, -0.2) is 19.1 Å². The molecule has 1 unspecified atom stereocenters. The zero-order chi connectivity index (χ0) is 22.6. The summed E-state index contributed by atoms with van der Waals surface area (Å²) in [4.78, 5) is 17.4. The van der Waals surface area contributed by atoms with Crippen molar-refractivity contribution in [1.82, 2.24) is 10.5 Å². The number of aliphatic hydroxyl groups is 1. The smallest absolute Gasteiger partial charge is 0.363 e. The number of thioether (sulfide) groups is 1. The minimum Gasteiger partial charge on any atom is -0.396 e. The lowest BCUT2D eigenvalue weighted by Gasteiger charge is -2.36. The Labute approximate surface area is 184 Å². The number of hydrazone groups is 1. The van der Waals surface area contributed by atoms with Crippen LogP contribution < -0.4 is 5.48 Å². The van der Waals surface area contributed by atoms with Crippen LogP contribution in [0.1, 0.15) is 44.7 Å². The highest BCUT2D eigenvalue weighted by molar-refractivity contribution is 8.15. The number of benzene rings is 2. The molecule has 2 N–H and O–H groups in total. The Morgan fingerprint density at radius 1 is 1.23 bits per heavy atom. The summed E-state index contributed by atoms with van der Waals surface area (Å²) in [5, 5.41) is 15.2. The molecule has 31 heavy (non-hydrogen) atoms. The van der Waals surface area contributed by atoms with Crippen LogP contribution in [0, 0.1) is 11.6 Å².